The van der Waals surface area contributed by atoms with Crippen LogP contribution in [0.5, 0.6) is 0 Å². The minimum absolute atomic E-state index is 0.764. The highest BCUT2D eigenvalue weighted by atomic mass is 127. The van der Waals surface area contributed by atoms with Crippen LogP contribution in [0.25, 0.3) is 0 Å². The maximum atomic E-state index is 7.15. The van der Waals surface area contributed by atoms with Crippen LogP contribution in [0.1, 0.15) is 22.3 Å². The van der Waals surface area contributed by atoms with Gasteiger partial charge in [0.2, 0.25) is 5.79 Å². The van der Waals surface area contributed by atoms with Crippen molar-refractivity contribution in [1.29, 1.82) is 0 Å². The molecule has 2 nitrogen and oxygen atoms in total. The van der Waals surface area contributed by atoms with Crippen molar-refractivity contribution in [1.82, 2.24) is 0 Å². The molecular weight excluding hydrogens is 658 g/mol. The fourth-order valence-corrected chi connectivity index (χ4v) is 7.46. The Morgan fingerprint density at radius 2 is 0.657 bits per heavy atom. The molecule has 35 heavy (non-hydrogen) atoms. The number of hydrogen-bond acceptors (Lipinski definition) is 2. The molecular formula is C31H22I2O2. The van der Waals surface area contributed by atoms with Gasteiger partial charge in [0.1, 0.15) is 0 Å². The fourth-order valence-electron chi connectivity index (χ4n) is 5.12. The van der Waals surface area contributed by atoms with E-state index in [4.69, 9.17) is 9.47 Å². The molecule has 0 amide bonds. The minimum atomic E-state index is -1.02. The smallest absolute Gasteiger partial charge is 0.213 e. The first kappa shape index (κ1) is 23.2. The SMILES string of the molecule is IC1=CC2(C=C(I)C(c3ccccc3)(c3ccccc3)O2)OC1(c1ccccc1)c1ccccc1. The lowest BCUT2D eigenvalue weighted by atomic mass is 9.86. The fraction of sp³-hybridized carbons (Fsp3) is 0.0968. The number of benzene rings is 4. The van der Waals surface area contributed by atoms with Gasteiger partial charge in [0, 0.05) is 7.16 Å². The Bertz CT molecular complexity index is 1210. The van der Waals surface area contributed by atoms with Crippen molar-refractivity contribution in [3.63, 3.8) is 0 Å². The second-order valence-corrected chi connectivity index (χ2v) is 11.1. The molecule has 0 radical (unpaired) electrons. The Hall–Kier alpha value is -2.26. The second-order valence-electron chi connectivity index (χ2n) is 8.74. The van der Waals surface area contributed by atoms with Gasteiger partial charge in [-0.15, -0.1) is 0 Å². The topological polar surface area (TPSA) is 18.5 Å². The molecule has 0 unspecified atom stereocenters. The molecule has 2 aliphatic heterocycles. The van der Waals surface area contributed by atoms with Crippen molar-refractivity contribution in [3.05, 3.63) is 163 Å². The number of hydrogen-bond donors (Lipinski definition) is 0. The Morgan fingerprint density at radius 1 is 0.400 bits per heavy atom. The summed E-state index contributed by atoms with van der Waals surface area (Å²) >= 11 is 4.85. The molecule has 0 atom stereocenters. The summed E-state index contributed by atoms with van der Waals surface area (Å²) in [5.41, 5.74) is 2.78. The lowest BCUT2D eigenvalue weighted by molar-refractivity contribution is -0.223. The van der Waals surface area contributed by atoms with E-state index < -0.39 is 17.0 Å². The maximum absolute atomic E-state index is 7.15. The maximum Gasteiger partial charge on any atom is 0.213 e. The summed E-state index contributed by atoms with van der Waals surface area (Å²) in [5, 5.41) is 0. The van der Waals surface area contributed by atoms with Crippen LogP contribution < -0.4 is 0 Å². The minimum Gasteiger partial charge on any atom is -0.321 e. The highest BCUT2D eigenvalue weighted by Crippen LogP contribution is 2.60. The molecule has 4 heteroatoms. The first-order valence-corrected chi connectivity index (χ1v) is 13.6. The van der Waals surface area contributed by atoms with Gasteiger partial charge in [0.05, 0.1) is 0 Å². The zero-order chi connectivity index (χ0) is 23.9. The van der Waals surface area contributed by atoms with Gasteiger partial charge >= 0.3 is 0 Å². The zero-order valence-corrected chi connectivity index (χ0v) is 23.1. The van der Waals surface area contributed by atoms with Crippen LogP contribution in [0.4, 0.5) is 0 Å². The van der Waals surface area contributed by atoms with Crippen LogP contribution in [-0.4, -0.2) is 5.79 Å². The number of halogens is 2. The predicted molar refractivity (Wildman–Crippen MR) is 156 cm³/mol. The average molecular weight is 680 g/mol. The van der Waals surface area contributed by atoms with Gasteiger partial charge in [0.15, 0.2) is 11.2 Å². The van der Waals surface area contributed by atoms with Crippen LogP contribution in [0.3, 0.4) is 0 Å². The number of ether oxygens (including phenoxy) is 2. The van der Waals surface area contributed by atoms with Crippen LogP contribution in [0.15, 0.2) is 141 Å². The van der Waals surface area contributed by atoms with Gasteiger partial charge in [-0.1, -0.05) is 121 Å². The Balaban J connectivity index is 1.53. The third-order valence-electron chi connectivity index (χ3n) is 6.67. The van der Waals surface area contributed by atoms with E-state index >= 15 is 0 Å². The van der Waals surface area contributed by atoms with Gasteiger partial charge in [-0.2, -0.15) is 0 Å². The summed E-state index contributed by atoms with van der Waals surface area (Å²) in [6, 6.07) is 41.7. The first-order valence-electron chi connectivity index (χ1n) is 11.5. The van der Waals surface area contributed by atoms with E-state index in [1.165, 1.54) is 0 Å². The molecule has 4 aromatic rings. The van der Waals surface area contributed by atoms with E-state index in [-0.39, 0.29) is 0 Å². The summed E-state index contributed by atoms with van der Waals surface area (Å²) in [5.74, 6) is -1.02. The van der Waals surface area contributed by atoms with Crippen molar-refractivity contribution in [3.8, 4) is 0 Å². The third kappa shape index (κ3) is 3.65. The molecule has 0 bridgehead atoms. The van der Waals surface area contributed by atoms with Crippen LogP contribution in [0.2, 0.25) is 0 Å². The quantitative estimate of drug-likeness (QED) is 0.202. The summed E-state index contributed by atoms with van der Waals surface area (Å²) in [7, 11) is 0. The standard InChI is InChI=1S/C31H22I2O2/c32-27-21-29(34-30(27,23-13-5-1-6-14-23)24-15-7-2-8-16-24)22-28(33)31(35-29,25-17-9-3-10-18-25)26-19-11-4-12-20-26/h1-22H. The largest absolute Gasteiger partial charge is 0.321 e. The highest BCUT2D eigenvalue weighted by molar-refractivity contribution is 14.1. The van der Waals surface area contributed by atoms with Crippen molar-refractivity contribution < 1.29 is 9.47 Å². The molecule has 0 saturated heterocycles. The van der Waals surface area contributed by atoms with E-state index in [2.05, 4.69) is 154 Å². The molecule has 0 saturated carbocycles. The molecule has 0 aromatic heterocycles. The van der Waals surface area contributed by atoms with Crippen molar-refractivity contribution in [2.45, 2.75) is 17.0 Å². The zero-order valence-electron chi connectivity index (χ0n) is 18.8. The first-order chi connectivity index (χ1) is 17.1. The summed E-state index contributed by atoms with van der Waals surface area (Å²) in [6.45, 7) is 0. The predicted octanol–water partition coefficient (Wildman–Crippen LogP) is 8.27. The van der Waals surface area contributed by atoms with Gasteiger partial charge in [-0.05, 0) is 79.6 Å². The lowest BCUT2D eigenvalue weighted by Crippen LogP contribution is -2.40. The molecule has 0 aliphatic carbocycles. The van der Waals surface area contributed by atoms with E-state index in [0.29, 0.717) is 0 Å². The summed E-state index contributed by atoms with van der Waals surface area (Å²) in [6.07, 6.45) is 4.28. The molecule has 1 spiro atoms. The lowest BCUT2D eigenvalue weighted by Gasteiger charge is -2.38. The molecule has 172 valence electrons. The summed E-state index contributed by atoms with van der Waals surface area (Å²) < 4.78 is 16.4. The normalized spacial score (nSPS) is 19.4. The van der Waals surface area contributed by atoms with Crippen LogP contribution in [0, 0.1) is 0 Å². The van der Waals surface area contributed by atoms with Crippen molar-refractivity contribution in [2.75, 3.05) is 0 Å². The average Bonchev–Trinajstić information content (AvgIpc) is 3.38. The van der Waals surface area contributed by atoms with E-state index in [1.54, 1.807) is 0 Å². The Kier molecular flexibility index (Phi) is 5.95. The Morgan fingerprint density at radius 3 is 0.914 bits per heavy atom. The molecule has 2 aliphatic rings. The third-order valence-corrected chi connectivity index (χ3v) is 8.82. The molecule has 2 heterocycles. The molecule has 0 fully saturated rings. The van der Waals surface area contributed by atoms with Gasteiger partial charge in [-0.25, -0.2) is 0 Å². The molecule has 6 rings (SSSR count). The van der Waals surface area contributed by atoms with Crippen LogP contribution in [-0.2, 0) is 20.7 Å². The van der Waals surface area contributed by atoms with E-state index in [1.807, 2.05) is 24.3 Å². The van der Waals surface area contributed by atoms with Crippen LogP contribution >= 0.6 is 45.2 Å². The monoisotopic (exact) mass is 680 g/mol. The van der Waals surface area contributed by atoms with E-state index in [0.717, 1.165) is 29.4 Å². The second kappa shape index (κ2) is 9.00. The Labute approximate surface area is 233 Å². The number of rotatable bonds is 4. The van der Waals surface area contributed by atoms with Crippen molar-refractivity contribution >= 4 is 45.2 Å². The van der Waals surface area contributed by atoms with Gasteiger partial charge in [0.25, 0.3) is 0 Å². The van der Waals surface area contributed by atoms with E-state index in [9.17, 15) is 0 Å². The van der Waals surface area contributed by atoms with Gasteiger partial charge < -0.3 is 9.47 Å². The summed E-state index contributed by atoms with van der Waals surface area (Å²) in [4.78, 5) is 0. The van der Waals surface area contributed by atoms with Gasteiger partial charge in [-0.3, -0.25) is 0 Å². The highest BCUT2D eigenvalue weighted by Gasteiger charge is 2.59. The molecule has 0 N–H and O–H groups in total. The molecule has 4 aromatic carbocycles. The van der Waals surface area contributed by atoms with Crippen molar-refractivity contribution in [2.24, 2.45) is 0 Å².